The fraction of sp³-hybridized carbons (Fsp3) is 0.857. The maximum Gasteiger partial charge on any atom is 0.332 e. The number of carbonyl (C=O) groups is 2. The zero-order valence-corrected chi connectivity index (χ0v) is 12.8. The van der Waals surface area contributed by atoms with E-state index in [4.69, 9.17) is 15.2 Å². The van der Waals surface area contributed by atoms with E-state index in [-0.39, 0.29) is 24.6 Å². The van der Waals surface area contributed by atoms with Crippen LogP contribution in [0.4, 0.5) is 0 Å². The lowest BCUT2D eigenvalue weighted by atomic mass is 10.1. The van der Waals surface area contributed by atoms with Gasteiger partial charge in [0, 0.05) is 13.1 Å². The average molecular weight is 286 g/mol. The van der Waals surface area contributed by atoms with E-state index < -0.39 is 11.6 Å². The Kier molecular flexibility index (Phi) is 5.95. The van der Waals surface area contributed by atoms with Gasteiger partial charge in [-0.3, -0.25) is 4.79 Å². The number of rotatable bonds is 4. The van der Waals surface area contributed by atoms with E-state index in [0.29, 0.717) is 13.1 Å². The molecule has 0 bridgehead atoms. The summed E-state index contributed by atoms with van der Waals surface area (Å²) in [6, 6.07) is -0.464. The summed E-state index contributed by atoms with van der Waals surface area (Å²) in [5.41, 5.74) is 5.08. The molecule has 1 aliphatic heterocycles. The lowest BCUT2D eigenvalue weighted by molar-refractivity contribution is -0.163. The Bertz CT molecular complexity index is 342. The van der Waals surface area contributed by atoms with Crippen LogP contribution in [-0.4, -0.2) is 54.2 Å². The molecule has 0 aromatic carbocycles. The molecule has 116 valence electrons. The summed E-state index contributed by atoms with van der Waals surface area (Å²) in [5.74, 6) is -0.387. The quantitative estimate of drug-likeness (QED) is 0.769. The third-order valence-corrected chi connectivity index (χ3v) is 3.00. The number of hydrogen-bond acceptors (Lipinski definition) is 5. The van der Waals surface area contributed by atoms with Crippen molar-refractivity contribution in [2.24, 2.45) is 5.73 Å². The van der Waals surface area contributed by atoms with Crippen LogP contribution in [0.5, 0.6) is 0 Å². The van der Waals surface area contributed by atoms with Gasteiger partial charge in [0.1, 0.15) is 12.2 Å². The van der Waals surface area contributed by atoms with Crippen LogP contribution < -0.4 is 5.73 Å². The third-order valence-electron chi connectivity index (χ3n) is 3.00. The highest BCUT2D eigenvalue weighted by molar-refractivity contribution is 5.81. The van der Waals surface area contributed by atoms with E-state index in [9.17, 15) is 9.59 Å². The van der Waals surface area contributed by atoms with Crippen LogP contribution in [0.25, 0.3) is 0 Å². The van der Waals surface area contributed by atoms with Crippen molar-refractivity contribution < 1.29 is 19.1 Å². The number of carbonyl (C=O) groups excluding carboxylic acids is 2. The molecule has 6 nitrogen and oxygen atoms in total. The molecule has 0 radical (unpaired) electrons. The topological polar surface area (TPSA) is 81.9 Å². The van der Waals surface area contributed by atoms with Gasteiger partial charge in [-0.05, 0) is 40.5 Å². The Labute approximate surface area is 120 Å². The lowest BCUT2D eigenvalue weighted by Crippen LogP contribution is -2.47. The fourth-order valence-electron chi connectivity index (χ4n) is 2.09. The summed E-state index contributed by atoms with van der Waals surface area (Å²) in [6.07, 6.45) is 1.45. The van der Waals surface area contributed by atoms with Gasteiger partial charge in [-0.25, -0.2) is 4.79 Å². The second-order valence-corrected chi connectivity index (χ2v) is 6.21. The minimum Gasteiger partial charge on any atom is -0.458 e. The van der Waals surface area contributed by atoms with E-state index in [1.807, 2.05) is 20.8 Å². The van der Waals surface area contributed by atoms with Crippen LogP contribution in [0.1, 0.15) is 40.5 Å². The van der Waals surface area contributed by atoms with Gasteiger partial charge in [-0.15, -0.1) is 0 Å². The summed E-state index contributed by atoms with van der Waals surface area (Å²) < 4.78 is 10.7. The van der Waals surface area contributed by atoms with Crippen LogP contribution in [0, 0.1) is 0 Å². The summed E-state index contributed by atoms with van der Waals surface area (Å²) in [7, 11) is 0. The number of nitrogens with zero attached hydrogens (tertiary/aromatic N) is 1. The molecule has 0 aromatic heterocycles. The highest BCUT2D eigenvalue weighted by atomic mass is 16.6. The molecule has 1 saturated heterocycles. The molecule has 1 fully saturated rings. The third kappa shape index (κ3) is 5.88. The molecule has 0 aliphatic carbocycles. The summed E-state index contributed by atoms with van der Waals surface area (Å²) >= 11 is 0. The van der Waals surface area contributed by atoms with Crippen molar-refractivity contribution >= 4 is 11.9 Å². The van der Waals surface area contributed by atoms with Crippen LogP contribution in [0.15, 0.2) is 0 Å². The van der Waals surface area contributed by atoms with E-state index in [1.165, 1.54) is 0 Å². The highest BCUT2D eigenvalue weighted by Gasteiger charge is 2.26. The summed E-state index contributed by atoms with van der Waals surface area (Å²) in [4.78, 5) is 25.0. The molecular weight excluding hydrogens is 260 g/mol. The van der Waals surface area contributed by atoms with Gasteiger partial charge >= 0.3 is 5.97 Å². The van der Waals surface area contributed by atoms with Crippen molar-refractivity contribution in [3.63, 3.8) is 0 Å². The molecular formula is C14H26N2O4. The van der Waals surface area contributed by atoms with Gasteiger partial charge < -0.3 is 20.1 Å². The molecule has 0 saturated carbocycles. The second-order valence-electron chi connectivity index (χ2n) is 6.21. The first-order valence-corrected chi connectivity index (χ1v) is 7.07. The number of hydrogen-bond donors (Lipinski definition) is 1. The van der Waals surface area contributed by atoms with Crippen molar-refractivity contribution in [1.29, 1.82) is 0 Å². The first-order chi connectivity index (χ1) is 9.19. The maximum absolute atomic E-state index is 11.7. The molecule has 1 rings (SSSR count). The zero-order chi connectivity index (χ0) is 15.3. The number of amides is 1. The minimum absolute atomic E-state index is 0.000325. The van der Waals surface area contributed by atoms with E-state index in [2.05, 4.69) is 0 Å². The van der Waals surface area contributed by atoms with Crippen molar-refractivity contribution in [2.75, 3.05) is 19.7 Å². The summed E-state index contributed by atoms with van der Waals surface area (Å²) in [6.45, 7) is 8.37. The van der Waals surface area contributed by atoms with Crippen LogP contribution >= 0.6 is 0 Å². The monoisotopic (exact) mass is 286 g/mol. The van der Waals surface area contributed by atoms with Crippen LogP contribution in [-0.2, 0) is 19.1 Å². The molecule has 1 aliphatic rings. The molecule has 1 heterocycles. The predicted molar refractivity (Wildman–Crippen MR) is 75.0 cm³/mol. The number of ether oxygens (including phenoxy) is 2. The van der Waals surface area contributed by atoms with Crippen molar-refractivity contribution in [3.05, 3.63) is 0 Å². The number of nitrogens with two attached hydrogens (primary N) is 1. The van der Waals surface area contributed by atoms with Gasteiger partial charge in [-0.1, -0.05) is 0 Å². The van der Waals surface area contributed by atoms with E-state index in [0.717, 1.165) is 12.8 Å². The maximum atomic E-state index is 11.7. The standard InChI is InChI=1S/C14H26N2O4/c1-10(15)13(18)16-7-5-11(6-8-16)19-9-12(17)20-14(2,3)4/h10-11H,5-9,15H2,1-4H3/t10-/m1/s1. The van der Waals surface area contributed by atoms with Crippen molar-refractivity contribution in [3.8, 4) is 0 Å². The molecule has 0 unspecified atom stereocenters. The van der Waals surface area contributed by atoms with E-state index >= 15 is 0 Å². The smallest absolute Gasteiger partial charge is 0.332 e. The normalized spacial score (nSPS) is 18.8. The van der Waals surface area contributed by atoms with Gasteiger partial charge in [0.15, 0.2) is 0 Å². The Morgan fingerprint density at radius 3 is 2.30 bits per heavy atom. The van der Waals surface area contributed by atoms with Crippen LogP contribution in [0.3, 0.4) is 0 Å². The first kappa shape index (κ1) is 16.9. The predicted octanol–water partition coefficient (Wildman–Crippen LogP) is 0.683. The number of likely N-dealkylation sites (tertiary alicyclic amines) is 1. The SMILES string of the molecule is C[C@@H](N)C(=O)N1CCC(OCC(=O)OC(C)(C)C)CC1. The molecule has 1 amide bonds. The van der Waals surface area contributed by atoms with Crippen LogP contribution in [0.2, 0.25) is 0 Å². The van der Waals surface area contributed by atoms with Crippen molar-refractivity contribution in [2.45, 2.75) is 58.3 Å². The zero-order valence-electron chi connectivity index (χ0n) is 12.8. The molecule has 0 aromatic rings. The molecule has 1 atom stereocenters. The Morgan fingerprint density at radius 1 is 1.30 bits per heavy atom. The average Bonchev–Trinajstić information content (AvgIpc) is 2.34. The largest absolute Gasteiger partial charge is 0.458 e. The van der Waals surface area contributed by atoms with Gasteiger partial charge in [0.2, 0.25) is 5.91 Å². The minimum atomic E-state index is -0.493. The fourth-order valence-corrected chi connectivity index (χ4v) is 2.09. The molecule has 2 N–H and O–H groups in total. The Hall–Kier alpha value is -1.14. The molecule has 0 spiro atoms. The van der Waals surface area contributed by atoms with E-state index in [1.54, 1.807) is 11.8 Å². The molecule has 6 heteroatoms. The van der Waals surface area contributed by atoms with Gasteiger partial charge in [0.25, 0.3) is 0 Å². The summed E-state index contributed by atoms with van der Waals surface area (Å²) in [5, 5.41) is 0. The second kappa shape index (κ2) is 7.04. The Balaban J connectivity index is 2.26. The number of esters is 1. The lowest BCUT2D eigenvalue weighted by Gasteiger charge is -2.32. The Morgan fingerprint density at radius 2 is 1.85 bits per heavy atom. The highest BCUT2D eigenvalue weighted by Crippen LogP contribution is 2.15. The van der Waals surface area contributed by atoms with Gasteiger partial charge in [-0.2, -0.15) is 0 Å². The van der Waals surface area contributed by atoms with Gasteiger partial charge in [0.05, 0.1) is 12.1 Å². The number of piperidine rings is 1. The molecule has 20 heavy (non-hydrogen) atoms. The first-order valence-electron chi connectivity index (χ1n) is 7.07. The van der Waals surface area contributed by atoms with Crippen molar-refractivity contribution in [1.82, 2.24) is 4.90 Å².